The summed E-state index contributed by atoms with van der Waals surface area (Å²) in [6, 6.07) is 5.89. The third kappa shape index (κ3) is 4.78. The monoisotopic (exact) mass is 206 g/mol. The molecule has 0 saturated carbocycles. The van der Waals surface area contributed by atoms with Gasteiger partial charge in [-0.15, -0.1) is 0 Å². The van der Waals surface area contributed by atoms with Crippen molar-refractivity contribution < 1.29 is 4.79 Å². The lowest BCUT2D eigenvalue weighted by Gasteiger charge is -2.04. The number of carbonyl (C=O) groups excluding carboxylic acids is 1. The molecule has 0 aliphatic heterocycles. The Labute approximate surface area is 93.5 Å². The lowest BCUT2D eigenvalue weighted by Crippen LogP contribution is -1.98. The molecule has 0 fully saturated rings. The Kier molecular flexibility index (Phi) is 6.68. The van der Waals surface area contributed by atoms with E-state index in [0.717, 1.165) is 16.7 Å². The summed E-state index contributed by atoms with van der Waals surface area (Å²) in [5, 5.41) is 0. The van der Waals surface area contributed by atoms with Crippen LogP contribution in [0.4, 0.5) is 0 Å². The van der Waals surface area contributed by atoms with Gasteiger partial charge >= 0.3 is 0 Å². The number of hydrogen-bond acceptors (Lipinski definition) is 1. The first-order chi connectivity index (χ1) is 7.04. The molecule has 1 aromatic carbocycles. The first-order valence-corrected chi connectivity index (χ1v) is 5.61. The number of unbranched alkanes of at least 4 members (excludes halogenated alkanes) is 1. The van der Waals surface area contributed by atoms with E-state index in [1.165, 1.54) is 12.8 Å². The normalized spacial score (nSPS) is 9.13. The van der Waals surface area contributed by atoms with Crippen molar-refractivity contribution in [1.82, 2.24) is 0 Å². The Hall–Kier alpha value is -1.11. The van der Waals surface area contributed by atoms with E-state index in [9.17, 15) is 4.79 Å². The second-order valence-corrected chi connectivity index (χ2v) is 3.82. The van der Waals surface area contributed by atoms with Gasteiger partial charge in [-0.2, -0.15) is 0 Å². The molecule has 0 aliphatic carbocycles. The minimum absolute atomic E-state index is 0.153. The minimum Gasteiger partial charge on any atom is -0.294 e. The van der Waals surface area contributed by atoms with Crippen molar-refractivity contribution in [3.8, 4) is 0 Å². The SMILES string of the molecule is CC(=O)c1c(C)cccc1C.CCCC. The van der Waals surface area contributed by atoms with Crippen LogP contribution in [0.15, 0.2) is 18.2 Å². The van der Waals surface area contributed by atoms with Crippen LogP contribution in [0.1, 0.15) is 55.1 Å². The molecule has 0 aliphatic rings. The molecule has 1 nitrogen and oxygen atoms in total. The summed E-state index contributed by atoms with van der Waals surface area (Å²) >= 11 is 0. The van der Waals surface area contributed by atoms with Gasteiger partial charge in [0.15, 0.2) is 5.78 Å². The van der Waals surface area contributed by atoms with Crippen LogP contribution in [0, 0.1) is 13.8 Å². The zero-order valence-electron chi connectivity index (χ0n) is 10.6. The Morgan fingerprint density at radius 3 is 1.67 bits per heavy atom. The highest BCUT2D eigenvalue weighted by Gasteiger charge is 2.05. The zero-order chi connectivity index (χ0) is 11.8. The van der Waals surface area contributed by atoms with Gasteiger partial charge in [0.1, 0.15) is 0 Å². The molecule has 1 heteroatoms. The number of carbonyl (C=O) groups is 1. The highest BCUT2D eigenvalue weighted by molar-refractivity contribution is 5.96. The van der Waals surface area contributed by atoms with Crippen LogP contribution in [-0.4, -0.2) is 5.78 Å². The van der Waals surface area contributed by atoms with Gasteiger partial charge < -0.3 is 0 Å². The van der Waals surface area contributed by atoms with Crippen molar-refractivity contribution in [1.29, 1.82) is 0 Å². The van der Waals surface area contributed by atoms with Crippen molar-refractivity contribution in [3.63, 3.8) is 0 Å². The molecule has 0 aromatic heterocycles. The van der Waals surface area contributed by atoms with Crippen LogP contribution in [0.3, 0.4) is 0 Å². The van der Waals surface area contributed by atoms with Crippen LogP contribution >= 0.6 is 0 Å². The van der Waals surface area contributed by atoms with Crippen LogP contribution in [0.2, 0.25) is 0 Å². The van der Waals surface area contributed by atoms with Crippen LogP contribution in [0.5, 0.6) is 0 Å². The van der Waals surface area contributed by atoms with Gasteiger partial charge in [-0.05, 0) is 31.9 Å². The van der Waals surface area contributed by atoms with Gasteiger partial charge in [0, 0.05) is 5.56 Å². The molecule has 0 unspecified atom stereocenters. The predicted molar refractivity (Wildman–Crippen MR) is 66.5 cm³/mol. The maximum atomic E-state index is 11.1. The third-order valence-corrected chi connectivity index (χ3v) is 2.33. The molecule has 15 heavy (non-hydrogen) atoms. The van der Waals surface area contributed by atoms with Crippen molar-refractivity contribution in [2.75, 3.05) is 0 Å². The molecule has 0 radical (unpaired) electrons. The molecule has 1 rings (SSSR count). The Morgan fingerprint density at radius 1 is 1.07 bits per heavy atom. The number of benzene rings is 1. The average molecular weight is 206 g/mol. The van der Waals surface area contributed by atoms with Crippen molar-refractivity contribution in [2.45, 2.75) is 47.5 Å². The average Bonchev–Trinajstić information content (AvgIpc) is 2.17. The van der Waals surface area contributed by atoms with Crippen molar-refractivity contribution >= 4 is 5.78 Å². The van der Waals surface area contributed by atoms with Gasteiger partial charge in [0.05, 0.1) is 0 Å². The fraction of sp³-hybridized carbons (Fsp3) is 0.500. The van der Waals surface area contributed by atoms with Gasteiger partial charge in [-0.3, -0.25) is 4.79 Å². The second-order valence-electron chi connectivity index (χ2n) is 3.82. The molecular formula is C14H22O. The standard InChI is InChI=1S/C10H12O.C4H10/c1-7-5-4-6-8(2)10(7)9(3)11;1-3-4-2/h4-6H,1-3H3;3-4H2,1-2H3. The van der Waals surface area contributed by atoms with E-state index in [-0.39, 0.29) is 5.78 Å². The maximum absolute atomic E-state index is 11.1. The number of Topliss-reactive ketones (excluding diaryl/α,β-unsaturated/α-hetero) is 1. The van der Waals surface area contributed by atoms with Gasteiger partial charge in [0.2, 0.25) is 0 Å². The van der Waals surface area contributed by atoms with E-state index in [2.05, 4.69) is 13.8 Å². The van der Waals surface area contributed by atoms with Crippen molar-refractivity contribution in [2.24, 2.45) is 0 Å². The molecule has 84 valence electrons. The summed E-state index contributed by atoms with van der Waals surface area (Å²) in [6.07, 6.45) is 2.64. The molecule has 0 amide bonds. The summed E-state index contributed by atoms with van der Waals surface area (Å²) in [4.78, 5) is 11.1. The molecule has 0 spiro atoms. The third-order valence-electron chi connectivity index (χ3n) is 2.33. The van der Waals surface area contributed by atoms with Crippen molar-refractivity contribution in [3.05, 3.63) is 34.9 Å². The first kappa shape index (κ1) is 13.9. The van der Waals surface area contributed by atoms with E-state index in [1.54, 1.807) is 6.92 Å². The molecule has 0 saturated heterocycles. The van der Waals surface area contributed by atoms with E-state index in [4.69, 9.17) is 0 Å². The molecule has 0 bridgehead atoms. The fourth-order valence-electron chi connectivity index (χ4n) is 1.37. The molecule has 0 heterocycles. The minimum atomic E-state index is 0.153. The molecular weight excluding hydrogens is 184 g/mol. The number of rotatable bonds is 2. The molecule has 0 N–H and O–H groups in total. The lowest BCUT2D eigenvalue weighted by molar-refractivity contribution is 0.101. The summed E-state index contributed by atoms with van der Waals surface area (Å²) in [5.41, 5.74) is 3.00. The van der Waals surface area contributed by atoms with Crippen LogP contribution < -0.4 is 0 Å². The first-order valence-electron chi connectivity index (χ1n) is 5.61. The zero-order valence-corrected chi connectivity index (χ0v) is 10.6. The van der Waals surface area contributed by atoms with Gasteiger partial charge in [0.25, 0.3) is 0 Å². The lowest BCUT2D eigenvalue weighted by atomic mass is 10.0. The fourth-order valence-corrected chi connectivity index (χ4v) is 1.37. The summed E-state index contributed by atoms with van der Waals surface area (Å²) in [6.45, 7) is 9.89. The number of hydrogen-bond donors (Lipinski definition) is 0. The summed E-state index contributed by atoms with van der Waals surface area (Å²) in [5.74, 6) is 0.153. The Balaban J connectivity index is 0.000000423. The highest BCUT2D eigenvalue weighted by Crippen LogP contribution is 2.12. The Morgan fingerprint density at radius 2 is 1.47 bits per heavy atom. The Bertz CT molecular complexity index is 291. The smallest absolute Gasteiger partial charge is 0.160 e. The van der Waals surface area contributed by atoms with Crippen LogP contribution in [-0.2, 0) is 0 Å². The van der Waals surface area contributed by atoms with Gasteiger partial charge in [-0.25, -0.2) is 0 Å². The molecule has 1 aromatic rings. The van der Waals surface area contributed by atoms with Crippen LogP contribution in [0.25, 0.3) is 0 Å². The van der Waals surface area contributed by atoms with E-state index in [0.29, 0.717) is 0 Å². The second kappa shape index (κ2) is 7.22. The number of aryl methyl sites for hydroxylation is 2. The summed E-state index contributed by atoms with van der Waals surface area (Å²) < 4.78 is 0. The van der Waals surface area contributed by atoms with E-state index < -0.39 is 0 Å². The topological polar surface area (TPSA) is 17.1 Å². The molecule has 0 atom stereocenters. The number of ketones is 1. The predicted octanol–water partition coefficient (Wildman–Crippen LogP) is 4.31. The highest BCUT2D eigenvalue weighted by atomic mass is 16.1. The quantitative estimate of drug-likeness (QED) is 0.659. The largest absolute Gasteiger partial charge is 0.294 e. The van der Waals surface area contributed by atoms with Gasteiger partial charge in [-0.1, -0.05) is 44.9 Å². The van der Waals surface area contributed by atoms with E-state index >= 15 is 0 Å². The van der Waals surface area contributed by atoms with E-state index in [1.807, 2.05) is 32.0 Å². The summed E-state index contributed by atoms with van der Waals surface area (Å²) in [7, 11) is 0. The maximum Gasteiger partial charge on any atom is 0.160 e.